The summed E-state index contributed by atoms with van der Waals surface area (Å²) in [5.74, 6) is 0.0262. The van der Waals surface area contributed by atoms with Crippen molar-refractivity contribution in [3.05, 3.63) is 106 Å². The predicted molar refractivity (Wildman–Crippen MR) is 138 cm³/mol. The molecule has 0 bridgehead atoms. The number of amides is 1. The van der Waals surface area contributed by atoms with Gasteiger partial charge in [-0.1, -0.05) is 28.1 Å². The van der Waals surface area contributed by atoms with Crippen molar-refractivity contribution in [2.45, 2.75) is 0 Å². The number of benzene rings is 2. The fourth-order valence-corrected chi connectivity index (χ4v) is 4.21. The van der Waals surface area contributed by atoms with Gasteiger partial charge in [0, 0.05) is 39.1 Å². The fourth-order valence-electron chi connectivity index (χ4n) is 3.83. The Labute approximate surface area is 211 Å². The van der Waals surface area contributed by atoms with Gasteiger partial charge in [0.05, 0.1) is 5.69 Å². The van der Waals surface area contributed by atoms with E-state index in [1.54, 1.807) is 53.3 Å². The second kappa shape index (κ2) is 8.82. The molecule has 9 nitrogen and oxygen atoms in total. The van der Waals surface area contributed by atoms with E-state index in [0.717, 1.165) is 15.6 Å². The van der Waals surface area contributed by atoms with Crippen molar-refractivity contribution in [1.29, 1.82) is 0 Å². The van der Waals surface area contributed by atoms with E-state index in [-0.39, 0.29) is 5.56 Å². The van der Waals surface area contributed by atoms with Crippen LogP contribution in [0.5, 0.6) is 0 Å². The summed E-state index contributed by atoms with van der Waals surface area (Å²) < 4.78 is 7.79. The van der Waals surface area contributed by atoms with Crippen LogP contribution < -0.4 is 10.9 Å². The molecule has 4 aromatic heterocycles. The fraction of sp³-hybridized carbons (Fsp3) is 0. The van der Waals surface area contributed by atoms with E-state index >= 15 is 0 Å². The van der Waals surface area contributed by atoms with Crippen LogP contribution >= 0.6 is 15.9 Å². The molecule has 10 heteroatoms. The van der Waals surface area contributed by atoms with Gasteiger partial charge in [0.15, 0.2) is 11.5 Å². The number of rotatable bonds is 4. The smallest absolute Gasteiger partial charge is 0.349 e. The first-order valence-corrected chi connectivity index (χ1v) is 11.6. The molecule has 6 aromatic rings. The van der Waals surface area contributed by atoms with Crippen LogP contribution in [0, 0.1) is 0 Å². The van der Waals surface area contributed by atoms with Crippen LogP contribution in [0.15, 0.2) is 98.9 Å². The van der Waals surface area contributed by atoms with Crippen molar-refractivity contribution >= 4 is 44.1 Å². The molecule has 0 fully saturated rings. The molecule has 0 aliphatic rings. The number of anilines is 1. The first kappa shape index (κ1) is 21.8. The number of nitrogens with zero attached hydrogens (tertiary/aromatic N) is 5. The van der Waals surface area contributed by atoms with Crippen molar-refractivity contribution in [1.82, 2.24) is 24.8 Å². The van der Waals surface area contributed by atoms with Gasteiger partial charge < -0.3 is 9.73 Å². The summed E-state index contributed by atoms with van der Waals surface area (Å²) in [6, 6.07) is 21.3. The first-order valence-electron chi connectivity index (χ1n) is 10.8. The predicted octanol–water partition coefficient (Wildman–Crippen LogP) is 4.97. The van der Waals surface area contributed by atoms with Gasteiger partial charge in [-0.15, -0.1) is 10.2 Å². The molecule has 0 unspecified atom stereocenters. The molecule has 36 heavy (non-hydrogen) atoms. The van der Waals surface area contributed by atoms with Crippen molar-refractivity contribution in [3.63, 3.8) is 0 Å². The first-order chi connectivity index (χ1) is 17.5. The molecule has 0 saturated heterocycles. The Morgan fingerprint density at radius 1 is 0.917 bits per heavy atom. The maximum absolute atomic E-state index is 12.9. The number of hydrogen-bond donors (Lipinski definition) is 1. The Bertz CT molecular complexity index is 1830. The standard InChI is InChI=1S/C26H15BrN6O3/c27-18-4-6-22-17(12-18)14-20(26(35)36-22)25(34)29-19-3-1-2-16(13-19)21-5-7-23-30-31-24(33(23)32-21)15-8-10-28-11-9-15/h1-14H,(H,29,34). The molecule has 0 aliphatic heterocycles. The van der Waals surface area contributed by atoms with Gasteiger partial charge in [-0.2, -0.15) is 9.61 Å². The molecule has 0 radical (unpaired) electrons. The van der Waals surface area contributed by atoms with Crippen LogP contribution in [-0.2, 0) is 0 Å². The quantitative estimate of drug-likeness (QED) is 0.315. The molecule has 0 atom stereocenters. The van der Waals surface area contributed by atoms with E-state index in [9.17, 15) is 9.59 Å². The molecule has 174 valence electrons. The van der Waals surface area contributed by atoms with Gasteiger partial charge in [-0.25, -0.2) is 4.79 Å². The zero-order valence-electron chi connectivity index (χ0n) is 18.4. The lowest BCUT2D eigenvalue weighted by molar-refractivity contribution is 0.102. The average molecular weight is 539 g/mol. The lowest BCUT2D eigenvalue weighted by Crippen LogP contribution is -2.20. The maximum Gasteiger partial charge on any atom is 0.349 e. The Morgan fingerprint density at radius 3 is 2.64 bits per heavy atom. The Balaban J connectivity index is 1.32. The third-order valence-corrected chi connectivity index (χ3v) is 6.05. The van der Waals surface area contributed by atoms with Gasteiger partial charge >= 0.3 is 5.63 Å². The van der Waals surface area contributed by atoms with Crippen LogP contribution in [0.25, 0.3) is 39.3 Å². The minimum absolute atomic E-state index is 0.0861. The van der Waals surface area contributed by atoms with Crippen molar-refractivity contribution in [3.8, 4) is 22.6 Å². The summed E-state index contributed by atoms with van der Waals surface area (Å²) in [4.78, 5) is 29.4. The number of hydrogen-bond acceptors (Lipinski definition) is 7. The number of halogens is 1. The zero-order chi connectivity index (χ0) is 24.6. The van der Waals surface area contributed by atoms with E-state index in [1.165, 1.54) is 6.07 Å². The van der Waals surface area contributed by atoms with Crippen LogP contribution in [0.4, 0.5) is 5.69 Å². The minimum atomic E-state index is -0.707. The highest BCUT2D eigenvalue weighted by atomic mass is 79.9. The summed E-state index contributed by atoms with van der Waals surface area (Å²) in [6.45, 7) is 0. The van der Waals surface area contributed by atoms with Gasteiger partial charge in [0.2, 0.25) is 0 Å². The van der Waals surface area contributed by atoms with Gasteiger partial charge in [0.1, 0.15) is 11.1 Å². The summed E-state index contributed by atoms with van der Waals surface area (Å²) in [5, 5.41) is 16.6. The summed E-state index contributed by atoms with van der Waals surface area (Å²) in [5.41, 5.74) is 2.98. The lowest BCUT2D eigenvalue weighted by atomic mass is 10.1. The number of fused-ring (bicyclic) bond motifs is 2. The Hall–Kier alpha value is -4.70. The SMILES string of the molecule is O=C(Nc1cccc(-c2ccc3nnc(-c4ccncc4)n3n2)c1)c1cc2cc(Br)ccc2oc1=O. The number of carbonyl (C=O) groups excluding carboxylic acids is 1. The summed E-state index contributed by atoms with van der Waals surface area (Å²) in [7, 11) is 0. The van der Waals surface area contributed by atoms with Crippen LogP contribution in [0.3, 0.4) is 0 Å². The second-order valence-corrected chi connectivity index (χ2v) is 8.83. The van der Waals surface area contributed by atoms with E-state index in [2.05, 4.69) is 36.4 Å². The molecular weight excluding hydrogens is 524 g/mol. The average Bonchev–Trinajstić information content (AvgIpc) is 3.32. The van der Waals surface area contributed by atoms with Gasteiger partial charge in [-0.05, 0) is 60.7 Å². The maximum atomic E-state index is 12.9. The van der Waals surface area contributed by atoms with Gasteiger partial charge in [-0.3, -0.25) is 9.78 Å². The molecule has 4 heterocycles. The van der Waals surface area contributed by atoms with Crippen molar-refractivity contribution in [2.24, 2.45) is 0 Å². The van der Waals surface area contributed by atoms with Gasteiger partial charge in [0.25, 0.3) is 5.91 Å². The molecule has 1 N–H and O–H groups in total. The highest BCUT2D eigenvalue weighted by molar-refractivity contribution is 9.10. The Kier molecular flexibility index (Phi) is 5.34. The number of aromatic nitrogens is 5. The van der Waals surface area contributed by atoms with Crippen LogP contribution in [0.1, 0.15) is 10.4 Å². The topological polar surface area (TPSA) is 115 Å². The molecule has 0 spiro atoms. The molecule has 1 amide bonds. The highest BCUT2D eigenvalue weighted by Gasteiger charge is 2.15. The summed E-state index contributed by atoms with van der Waals surface area (Å²) >= 11 is 3.39. The zero-order valence-corrected chi connectivity index (χ0v) is 20.0. The van der Waals surface area contributed by atoms with Crippen LogP contribution in [0.2, 0.25) is 0 Å². The number of nitrogens with one attached hydrogen (secondary N) is 1. The second-order valence-electron chi connectivity index (χ2n) is 7.91. The molecule has 2 aromatic carbocycles. The van der Waals surface area contributed by atoms with E-state index in [0.29, 0.717) is 33.8 Å². The summed E-state index contributed by atoms with van der Waals surface area (Å²) in [6.07, 6.45) is 3.36. The normalized spacial score (nSPS) is 11.1. The third-order valence-electron chi connectivity index (χ3n) is 5.56. The van der Waals surface area contributed by atoms with E-state index in [4.69, 9.17) is 9.52 Å². The lowest BCUT2D eigenvalue weighted by Gasteiger charge is -2.08. The molecular formula is C26H15BrN6O3. The highest BCUT2D eigenvalue weighted by Crippen LogP contribution is 2.24. The molecule has 0 aliphatic carbocycles. The number of carbonyl (C=O) groups is 1. The molecule has 6 rings (SSSR count). The minimum Gasteiger partial charge on any atom is -0.422 e. The molecule has 0 saturated carbocycles. The monoisotopic (exact) mass is 538 g/mol. The van der Waals surface area contributed by atoms with Crippen molar-refractivity contribution < 1.29 is 9.21 Å². The largest absolute Gasteiger partial charge is 0.422 e. The van der Waals surface area contributed by atoms with E-state index in [1.807, 2.05) is 30.3 Å². The third kappa shape index (κ3) is 4.03. The Morgan fingerprint density at radius 2 is 1.78 bits per heavy atom. The van der Waals surface area contributed by atoms with Crippen LogP contribution in [-0.4, -0.2) is 30.7 Å². The van der Waals surface area contributed by atoms with Crippen molar-refractivity contribution in [2.75, 3.05) is 5.32 Å². The van der Waals surface area contributed by atoms with E-state index < -0.39 is 11.5 Å². The number of pyridine rings is 1.